The number of carbonyl (C=O) groups is 6. The minimum Gasteiger partial charge on any atom is -0.480 e. The summed E-state index contributed by atoms with van der Waals surface area (Å²) in [4.78, 5) is 72.0. The van der Waals surface area contributed by atoms with Gasteiger partial charge in [-0.2, -0.15) is 11.8 Å². The molecule has 0 saturated heterocycles. The molecule has 0 aromatic rings. The number of carboxylic acid groups (broad SMARTS) is 1. The SMILES string of the molecule is CSCCC(NC(=O)C(N)CCC(N)=O)C(=O)NC(CCC(N)=O)C(=O)NC(CCCCN)C(=O)O. The van der Waals surface area contributed by atoms with Crippen LogP contribution in [0.1, 0.15) is 51.4 Å². The lowest BCUT2D eigenvalue weighted by molar-refractivity contribution is -0.142. The van der Waals surface area contributed by atoms with E-state index in [1.165, 1.54) is 11.8 Å². The van der Waals surface area contributed by atoms with Crippen LogP contribution in [0.15, 0.2) is 0 Å². The number of amides is 5. The lowest BCUT2D eigenvalue weighted by atomic mass is 10.1. The van der Waals surface area contributed by atoms with Crippen molar-refractivity contribution in [3.05, 3.63) is 0 Å². The molecule has 0 heterocycles. The third-order valence-electron chi connectivity index (χ3n) is 5.16. The summed E-state index contributed by atoms with van der Waals surface area (Å²) < 4.78 is 0. The Morgan fingerprint density at radius 1 is 0.750 bits per heavy atom. The molecule has 4 atom stereocenters. The first-order chi connectivity index (χ1) is 16.9. The monoisotopic (exact) mass is 533 g/mol. The maximum absolute atomic E-state index is 13.0. The van der Waals surface area contributed by atoms with Gasteiger partial charge >= 0.3 is 5.97 Å². The zero-order chi connectivity index (χ0) is 27.7. The van der Waals surface area contributed by atoms with Crippen LogP contribution < -0.4 is 38.9 Å². The average Bonchev–Trinajstić information content (AvgIpc) is 2.81. The van der Waals surface area contributed by atoms with Crippen LogP contribution in [0.5, 0.6) is 0 Å². The number of rotatable bonds is 20. The first-order valence-electron chi connectivity index (χ1n) is 11.6. The second kappa shape index (κ2) is 18.4. The Kier molecular flexibility index (Phi) is 16.9. The van der Waals surface area contributed by atoms with Crippen molar-refractivity contribution in [1.82, 2.24) is 16.0 Å². The molecule has 0 aromatic carbocycles. The average molecular weight is 534 g/mol. The molecule has 14 nitrogen and oxygen atoms in total. The van der Waals surface area contributed by atoms with Crippen LogP contribution in [0, 0.1) is 0 Å². The minimum absolute atomic E-state index is 0.0115. The summed E-state index contributed by atoms with van der Waals surface area (Å²) in [6.45, 7) is 0.368. The van der Waals surface area contributed by atoms with Crippen molar-refractivity contribution in [2.75, 3.05) is 18.6 Å². The number of thioether (sulfide) groups is 1. The molecule has 0 aliphatic heterocycles. The fourth-order valence-electron chi connectivity index (χ4n) is 3.06. The Labute approximate surface area is 214 Å². The minimum atomic E-state index is -1.28. The lowest BCUT2D eigenvalue weighted by Crippen LogP contribution is -2.57. The molecule has 0 aliphatic rings. The first-order valence-corrected chi connectivity index (χ1v) is 13.0. The number of hydrogen-bond donors (Lipinski definition) is 8. The molecule has 12 N–H and O–H groups in total. The van der Waals surface area contributed by atoms with Gasteiger partial charge in [-0.05, 0) is 57.1 Å². The third kappa shape index (κ3) is 14.5. The van der Waals surface area contributed by atoms with Gasteiger partial charge in [0.25, 0.3) is 0 Å². The molecular weight excluding hydrogens is 494 g/mol. The van der Waals surface area contributed by atoms with E-state index >= 15 is 0 Å². The predicted molar refractivity (Wildman–Crippen MR) is 134 cm³/mol. The normalized spacial score (nSPS) is 14.1. The highest BCUT2D eigenvalue weighted by Gasteiger charge is 2.30. The van der Waals surface area contributed by atoms with Crippen LogP contribution in [0.3, 0.4) is 0 Å². The zero-order valence-electron chi connectivity index (χ0n) is 20.5. The van der Waals surface area contributed by atoms with Gasteiger partial charge in [-0.25, -0.2) is 4.79 Å². The maximum Gasteiger partial charge on any atom is 0.326 e. The third-order valence-corrected chi connectivity index (χ3v) is 5.80. The molecule has 4 unspecified atom stereocenters. The van der Waals surface area contributed by atoms with E-state index in [1.54, 1.807) is 6.26 Å². The number of carboxylic acids is 1. The summed E-state index contributed by atoms with van der Waals surface area (Å²) >= 11 is 1.42. The Morgan fingerprint density at radius 2 is 1.25 bits per heavy atom. The molecule has 0 radical (unpaired) electrons. The van der Waals surface area contributed by atoms with Gasteiger partial charge in [-0.3, -0.25) is 24.0 Å². The predicted octanol–water partition coefficient (Wildman–Crippen LogP) is -2.73. The van der Waals surface area contributed by atoms with E-state index in [2.05, 4.69) is 16.0 Å². The van der Waals surface area contributed by atoms with Crippen LogP contribution in [0.4, 0.5) is 0 Å². The van der Waals surface area contributed by atoms with E-state index in [9.17, 15) is 33.9 Å². The van der Waals surface area contributed by atoms with Crippen LogP contribution in [0.25, 0.3) is 0 Å². The lowest BCUT2D eigenvalue weighted by Gasteiger charge is -2.25. The van der Waals surface area contributed by atoms with E-state index < -0.39 is 59.7 Å². The van der Waals surface area contributed by atoms with Gasteiger partial charge in [0.1, 0.15) is 18.1 Å². The van der Waals surface area contributed by atoms with Crippen molar-refractivity contribution in [3.8, 4) is 0 Å². The molecular formula is C21H39N7O7S. The molecule has 206 valence electrons. The van der Waals surface area contributed by atoms with Gasteiger partial charge in [-0.1, -0.05) is 0 Å². The molecule has 0 bridgehead atoms. The van der Waals surface area contributed by atoms with Gasteiger partial charge in [-0.15, -0.1) is 0 Å². The molecule has 0 saturated carbocycles. The van der Waals surface area contributed by atoms with Crippen molar-refractivity contribution in [2.24, 2.45) is 22.9 Å². The number of nitrogens with two attached hydrogens (primary N) is 4. The number of hydrogen-bond acceptors (Lipinski definition) is 9. The summed E-state index contributed by atoms with van der Waals surface area (Å²) in [6, 6.07) is -4.65. The van der Waals surface area contributed by atoms with Gasteiger partial charge < -0.3 is 44.0 Å². The van der Waals surface area contributed by atoms with Crippen LogP contribution in [0.2, 0.25) is 0 Å². The van der Waals surface area contributed by atoms with E-state index in [0.29, 0.717) is 25.1 Å². The summed E-state index contributed by atoms with van der Waals surface area (Å²) in [5.41, 5.74) is 21.4. The van der Waals surface area contributed by atoms with Crippen molar-refractivity contribution in [1.29, 1.82) is 0 Å². The van der Waals surface area contributed by atoms with Crippen LogP contribution in [-0.4, -0.2) is 83.3 Å². The number of carbonyl (C=O) groups excluding carboxylic acids is 5. The van der Waals surface area contributed by atoms with Gasteiger partial charge in [0, 0.05) is 12.8 Å². The second-order valence-electron chi connectivity index (χ2n) is 8.20. The molecule has 0 aromatic heterocycles. The van der Waals surface area contributed by atoms with Gasteiger partial charge in [0.05, 0.1) is 6.04 Å². The molecule has 0 fully saturated rings. The largest absolute Gasteiger partial charge is 0.480 e. The number of aliphatic carboxylic acids is 1. The molecule has 15 heteroatoms. The second-order valence-corrected chi connectivity index (χ2v) is 9.19. The van der Waals surface area contributed by atoms with Crippen molar-refractivity contribution in [3.63, 3.8) is 0 Å². The highest BCUT2D eigenvalue weighted by atomic mass is 32.2. The fraction of sp³-hybridized carbons (Fsp3) is 0.714. The number of primary amides is 2. The van der Waals surface area contributed by atoms with Crippen molar-refractivity contribution < 1.29 is 33.9 Å². The molecule has 36 heavy (non-hydrogen) atoms. The topological polar surface area (TPSA) is 263 Å². The summed E-state index contributed by atoms with van der Waals surface area (Å²) in [5.74, 6) is -4.32. The Morgan fingerprint density at radius 3 is 1.75 bits per heavy atom. The quantitative estimate of drug-likeness (QED) is 0.0748. The standard InChI is InChI=1S/C21H39N7O7S/c1-36-11-9-14(26-18(31)12(23)5-7-16(24)29)20(33)27-13(6-8-17(25)30)19(32)28-15(21(34)35)4-2-3-10-22/h12-15H,2-11,22-23H2,1H3,(H2,24,29)(H2,25,30)(H,26,31)(H,27,33)(H,28,32)(H,34,35). The van der Waals surface area contributed by atoms with E-state index in [4.69, 9.17) is 22.9 Å². The zero-order valence-corrected chi connectivity index (χ0v) is 21.3. The van der Waals surface area contributed by atoms with E-state index in [-0.39, 0.29) is 38.5 Å². The van der Waals surface area contributed by atoms with Gasteiger partial charge in [0.15, 0.2) is 0 Å². The number of unbranched alkanes of at least 4 members (excludes halogenated alkanes) is 1. The Hall–Kier alpha value is -2.91. The molecule has 0 spiro atoms. The highest BCUT2D eigenvalue weighted by Crippen LogP contribution is 2.07. The molecule has 0 aliphatic carbocycles. The van der Waals surface area contributed by atoms with Gasteiger partial charge in [0.2, 0.25) is 29.5 Å². The van der Waals surface area contributed by atoms with Crippen LogP contribution in [-0.2, 0) is 28.8 Å². The van der Waals surface area contributed by atoms with Crippen LogP contribution >= 0.6 is 11.8 Å². The summed E-state index contributed by atoms with van der Waals surface area (Å²) in [6.07, 6.45) is 2.61. The molecule has 5 amide bonds. The highest BCUT2D eigenvalue weighted by molar-refractivity contribution is 7.98. The molecule has 0 rings (SSSR count). The fourth-order valence-corrected chi connectivity index (χ4v) is 3.53. The van der Waals surface area contributed by atoms with E-state index in [0.717, 1.165) is 0 Å². The Balaban J connectivity index is 5.47. The smallest absolute Gasteiger partial charge is 0.326 e. The number of nitrogens with one attached hydrogen (secondary N) is 3. The summed E-state index contributed by atoms with van der Waals surface area (Å²) in [5, 5.41) is 16.8. The Bertz CT molecular complexity index is 769. The maximum atomic E-state index is 13.0. The van der Waals surface area contributed by atoms with E-state index in [1.807, 2.05) is 0 Å². The van der Waals surface area contributed by atoms with Crippen molar-refractivity contribution in [2.45, 2.75) is 75.5 Å². The van der Waals surface area contributed by atoms with Crippen molar-refractivity contribution >= 4 is 47.3 Å². The summed E-state index contributed by atoms with van der Waals surface area (Å²) in [7, 11) is 0. The first kappa shape index (κ1) is 33.1.